The standard InChI is InChI=1S/C17H19F2N3O/c1-11(2)5-6-21-17(23)12-7-14(10-20-9-12)22-16-4-3-13(18)8-15(16)19/h3-4,7-11,22H,5-6H2,1-2H3,(H,21,23). The number of nitrogens with one attached hydrogen (secondary N) is 2. The zero-order valence-electron chi connectivity index (χ0n) is 13.1. The Balaban J connectivity index is 2.06. The Kier molecular flexibility index (Phi) is 5.62. The number of nitrogens with zero attached hydrogens (tertiary/aromatic N) is 1. The highest BCUT2D eigenvalue weighted by molar-refractivity contribution is 5.94. The minimum Gasteiger partial charge on any atom is -0.352 e. The number of pyridine rings is 1. The number of carbonyl (C=O) groups excluding carboxylic acids is 1. The van der Waals surface area contributed by atoms with Gasteiger partial charge < -0.3 is 10.6 Å². The van der Waals surface area contributed by atoms with Gasteiger partial charge in [-0.3, -0.25) is 9.78 Å². The third kappa shape index (κ3) is 5.02. The first kappa shape index (κ1) is 16.9. The van der Waals surface area contributed by atoms with Crippen molar-refractivity contribution in [3.63, 3.8) is 0 Å². The largest absolute Gasteiger partial charge is 0.352 e. The Morgan fingerprint density at radius 3 is 2.70 bits per heavy atom. The zero-order chi connectivity index (χ0) is 16.8. The van der Waals surface area contributed by atoms with Gasteiger partial charge in [0, 0.05) is 18.8 Å². The van der Waals surface area contributed by atoms with Gasteiger partial charge in [0.1, 0.15) is 11.6 Å². The first-order valence-corrected chi connectivity index (χ1v) is 7.41. The SMILES string of the molecule is CC(C)CCNC(=O)c1cncc(Nc2ccc(F)cc2F)c1. The van der Waals surface area contributed by atoms with Crippen molar-refractivity contribution in [2.75, 3.05) is 11.9 Å². The van der Waals surface area contributed by atoms with E-state index in [1.165, 1.54) is 18.5 Å². The predicted octanol–water partition coefficient (Wildman–Crippen LogP) is 3.88. The average Bonchev–Trinajstić information content (AvgIpc) is 2.50. The molecule has 2 N–H and O–H groups in total. The molecule has 4 nitrogen and oxygen atoms in total. The highest BCUT2D eigenvalue weighted by atomic mass is 19.1. The van der Waals surface area contributed by atoms with Crippen molar-refractivity contribution in [2.24, 2.45) is 5.92 Å². The molecule has 0 unspecified atom stereocenters. The van der Waals surface area contributed by atoms with Crippen molar-refractivity contribution < 1.29 is 13.6 Å². The molecule has 0 aliphatic heterocycles. The summed E-state index contributed by atoms with van der Waals surface area (Å²) in [6.45, 7) is 4.74. The topological polar surface area (TPSA) is 54.0 Å². The number of halogens is 2. The second-order valence-electron chi connectivity index (χ2n) is 5.65. The summed E-state index contributed by atoms with van der Waals surface area (Å²) in [6, 6.07) is 4.81. The summed E-state index contributed by atoms with van der Waals surface area (Å²) in [5.41, 5.74) is 0.943. The summed E-state index contributed by atoms with van der Waals surface area (Å²) in [5, 5.41) is 5.59. The number of aromatic nitrogens is 1. The lowest BCUT2D eigenvalue weighted by molar-refractivity contribution is 0.0951. The van der Waals surface area contributed by atoms with E-state index in [9.17, 15) is 13.6 Å². The summed E-state index contributed by atoms with van der Waals surface area (Å²) < 4.78 is 26.5. The quantitative estimate of drug-likeness (QED) is 0.849. The van der Waals surface area contributed by atoms with Crippen molar-refractivity contribution in [3.8, 4) is 0 Å². The van der Waals surface area contributed by atoms with E-state index in [2.05, 4.69) is 29.5 Å². The second-order valence-corrected chi connectivity index (χ2v) is 5.65. The van der Waals surface area contributed by atoms with E-state index in [1.807, 2.05) is 0 Å². The fraction of sp³-hybridized carbons (Fsp3) is 0.294. The summed E-state index contributed by atoms with van der Waals surface area (Å²) in [6.07, 6.45) is 3.79. The Bertz CT molecular complexity index is 689. The Labute approximate surface area is 133 Å². The van der Waals surface area contributed by atoms with Gasteiger partial charge in [0.2, 0.25) is 0 Å². The molecule has 1 aromatic carbocycles. The number of hydrogen-bond acceptors (Lipinski definition) is 3. The molecule has 2 rings (SSSR count). The monoisotopic (exact) mass is 319 g/mol. The van der Waals surface area contributed by atoms with Crippen LogP contribution in [0.5, 0.6) is 0 Å². The van der Waals surface area contributed by atoms with Crippen LogP contribution in [-0.2, 0) is 0 Å². The number of benzene rings is 1. The van der Waals surface area contributed by atoms with Crippen LogP contribution in [0.25, 0.3) is 0 Å². The lowest BCUT2D eigenvalue weighted by atomic mass is 10.1. The number of hydrogen-bond donors (Lipinski definition) is 2. The molecule has 0 bridgehead atoms. The highest BCUT2D eigenvalue weighted by Gasteiger charge is 2.09. The molecule has 122 valence electrons. The fourth-order valence-electron chi connectivity index (χ4n) is 1.96. The molecular formula is C17H19F2N3O. The molecule has 1 heterocycles. The van der Waals surface area contributed by atoms with Crippen LogP contribution in [0.2, 0.25) is 0 Å². The van der Waals surface area contributed by atoms with Crippen LogP contribution >= 0.6 is 0 Å². The van der Waals surface area contributed by atoms with Crippen molar-refractivity contribution in [3.05, 3.63) is 53.9 Å². The molecule has 0 aliphatic rings. The van der Waals surface area contributed by atoms with Crippen LogP contribution in [0.4, 0.5) is 20.2 Å². The molecule has 0 radical (unpaired) electrons. The molecule has 1 amide bonds. The van der Waals surface area contributed by atoms with E-state index in [-0.39, 0.29) is 11.6 Å². The first-order valence-electron chi connectivity index (χ1n) is 7.41. The maximum absolute atomic E-state index is 13.6. The van der Waals surface area contributed by atoms with Crippen LogP contribution in [0.15, 0.2) is 36.7 Å². The van der Waals surface area contributed by atoms with E-state index in [4.69, 9.17) is 0 Å². The van der Waals surface area contributed by atoms with Gasteiger partial charge in [0.15, 0.2) is 0 Å². The van der Waals surface area contributed by atoms with Crippen LogP contribution in [-0.4, -0.2) is 17.4 Å². The van der Waals surface area contributed by atoms with Crippen molar-refractivity contribution >= 4 is 17.3 Å². The molecular weight excluding hydrogens is 300 g/mol. The van der Waals surface area contributed by atoms with Gasteiger partial charge in [-0.25, -0.2) is 8.78 Å². The Morgan fingerprint density at radius 1 is 1.22 bits per heavy atom. The smallest absolute Gasteiger partial charge is 0.252 e. The van der Waals surface area contributed by atoms with Gasteiger partial charge in [0.25, 0.3) is 5.91 Å². The van der Waals surface area contributed by atoms with E-state index >= 15 is 0 Å². The van der Waals surface area contributed by atoms with Gasteiger partial charge >= 0.3 is 0 Å². The summed E-state index contributed by atoms with van der Waals surface area (Å²) in [4.78, 5) is 16.0. The van der Waals surface area contributed by atoms with Crippen LogP contribution in [0, 0.1) is 17.6 Å². The summed E-state index contributed by atoms with van der Waals surface area (Å²) >= 11 is 0. The third-order valence-electron chi connectivity index (χ3n) is 3.22. The summed E-state index contributed by atoms with van der Waals surface area (Å²) in [7, 11) is 0. The van der Waals surface area contributed by atoms with Crippen molar-refractivity contribution in [1.82, 2.24) is 10.3 Å². The lowest BCUT2D eigenvalue weighted by Gasteiger charge is -2.10. The normalized spacial score (nSPS) is 10.7. The van der Waals surface area contributed by atoms with E-state index in [0.29, 0.717) is 23.7 Å². The molecule has 6 heteroatoms. The molecule has 0 atom stereocenters. The molecule has 0 aliphatic carbocycles. The van der Waals surface area contributed by atoms with Gasteiger partial charge in [-0.15, -0.1) is 0 Å². The van der Waals surface area contributed by atoms with E-state index in [1.54, 1.807) is 6.07 Å². The lowest BCUT2D eigenvalue weighted by Crippen LogP contribution is -2.25. The highest BCUT2D eigenvalue weighted by Crippen LogP contribution is 2.20. The predicted molar refractivity (Wildman–Crippen MR) is 85.7 cm³/mol. The molecule has 23 heavy (non-hydrogen) atoms. The molecule has 0 spiro atoms. The van der Waals surface area contributed by atoms with Crippen LogP contribution in [0.1, 0.15) is 30.6 Å². The molecule has 0 saturated heterocycles. The van der Waals surface area contributed by atoms with Gasteiger partial charge in [-0.05, 0) is 30.5 Å². The molecule has 0 fully saturated rings. The van der Waals surface area contributed by atoms with Crippen molar-refractivity contribution in [1.29, 1.82) is 0 Å². The molecule has 2 aromatic rings. The number of amides is 1. The number of carbonyl (C=O) groups is 1. The summed E-state index contributed by atoms with van der Waals surface area (Å²) in [5.74, 6) is -1.09. The Hall–Kier alpha value is -2.50. The van der Waals surface area contributed by atoms with Gasteiger partial charge in [-0.1, -0.05) is 13.8 Å². The Morgan fingerprint density at radius 2 is 2.00 bits per heavy atom. The van der Waals surface area contributed by atoms with E-state index < -0.39 is 11.6 Å². The first-order chi connectivity index (χ1) is 11.0. The van der Waals surface area contributed by atoms with Crippen molar-refractivity contribution in [2.45, 2.75) is 20.3 Å². The van der Waals surface area contributed by atoms with Gasteiger partial charge in [0.05, 0.1) is 23.1 Å². The second kappa shape index (κ2) is 7.67. The fourth-order valence-corrected chi connectivity index (χ4v) is 1.96. The zero-order valence-corrected chi connectivity index (χ0v) is 13.1. The average molecular weight is 319 g/mol. The van der Waals surface area contributed by atoms with Gasteiger partial charge in [-0.2, -0.15) is 0 Å². The maximum atomic E-state index is 13.6. The maximum Gasteiger partial charge on any atom is 0.252 e. The van der Waals surface area contributed by atoms with E-state index in [0.717, 1.165) is 18.6 Å². The third-order valence-corrected chi connectivity index (χ3v) is 3.22. The minimum atomic E-state index is -0.711. The molecule has 0 saturated carbocycles. The number of rotatable bonds is 6. The number of anilines is 2. The van der Waals surface area contributed by atoms with Crippen LogP contribution < -0.4 is 10.6 Å². The molecule has 1 aromatic heterocycles. The minimum absolute atomic E-state index is 0.116. The van der Waals surface area contributed by atoms with Crippen LogP contribution in [0.3, 0.4) is 0 Å².